The van der Waals surface area contributed by atoms with Gasteiger partial charge in [-0.05, 0) is 19.0 Å². The molecule has 1 amide bonds. The first-order valence-corrected chi connectivity index (χ1v) is 6.44. The third kappa shape index (κ3) is 5.29. The van der Waals surface area contributed by atoms with Gasteiger partial charge in [0.05, 0.1) is 0 Å². The van der Waals surface area contributed by atoms with Crippen molar-refractivity contribution in [2.45, 2.75) is 32.4 Å². The molecular formula is C14H23N3O. The standard InChI is InChI=1S/C14H23N3O/c1-3-16-11(2)10-17-14(18)9-13(15)12-7-5-4-6-8-12/h4-8,11,13,16H,3,9-10,15H2,1-2H3,(H,17,18)/t11-,13?/m1/s1. The Morgan fingerprint density at radius 1 is 1.33 bits per heavy atom. The Hall–Kier alpha value is -1.39. The second kappa shape index (κ2) is 7.84. The Labute approximate surface area is 109 Å². The smallest absolute Gasteiger partial charge is 0.221 e. The molecule has 1 unspecified atom stereocenters. The minimum atomic E-state index is -0.236. The molecule has 0 aliphatic heterocycles. The van der Waals surface area contributed by atoms with Crippen LogP contribution in [0.2, 0.25) is 0 Å². The highest BCUT2D eigenvalue weighted by atomic mass is 16.1. The van der Waals surface area contributed by atoms with E-state index in [4.69, 9.17) is 5.73 Å². The number of nitrogens with one attached hydrogen (secondary N) is 2. The van der Waals surface area contributed by atoms with Crippen LogP contribution in [0.15, 0.2) is 30.3 Å². The predicted octanol–water partition coefficient (Wildman–Crippen LogP) is 1.19. The van der Waals surface area contributed by atoms with Gasteiger partial charge in [0, 0.05) is 25.0 Å². The first-order valence-electron chi connectivity index (χ1n) is 6.44. The van der Waals surface area contributed by atoms with Crippen LogP contribution < -0.4 is 16.4 Å². The van der Waals surface area contributed by atoms with Crippen molar-refractivity contribution >= 4 is 5.91 Å². The normalized spacial score (nSPS) is 13.9. The van der Waals surface area contributed by atoms with Gasteiger partial charge in [-0.15, -0.1) is 0 Å². The van der Waals surface area contributed by atoms with Gasteiger partial charge in [0.15, 0.2) is 0 Å². The Bertz CT molecular complexity index is 353. The maximum absolute atomic E-state index is 11.7. The van der Waals surface area contributed by atoms with E-state index >= 15 is 0 Å². The monoisotopic (exact) mass is 249 g/mol. The molecule has 0 bridgehead atoms. The Balaban J connectivity index is 2.32. The first kappa shape index (κ1) is 14.7. The minimum Gasteiger partial charge on any atom is -0.354 e. The summed E-state index contributed by atoms with van der Waals surface area (Å²) in [5, 5.41) is 6.13. The van der Waals surface area contributed by atoms with Gasteiger partial charge in [-0.2, -0.15) is 0 Å². The van der Waals surface area contributed by atoms with Crippen LogP contribution in [0, 0.1) is 0 Å². The molecule has 0 saturated heterocycles. The van der Waals surface area contributed by atoms with Gasteiger partial charge in [0.25, 0.3) is 0 Å². The van der Waals surface area contributed by atoms with Crippen LogP contribution >= 0.6 is 0 Å². The molecule has 0 aliphatic carbocycles. The summed E-state index contributed by atoms with van der Waals surface area (Å²) in [7, 11) is 0. The highest BCUT2D eigenvalue weighted by Crippen LogP contribution is 2.12. The van der Waals surface area contributed by atoms with Crippen molar-refractivity contribution < 1.29 is 4.79 Å². The van der Waals surface area contributed by atoms with Gasteiger partial charge in [-0.25, -0.2) is 0 Å². The van der Waals surface area contributed by atoms with E-state index < -0.39 is 0 Å². The molecular weight excluding hydrogens is 226 g/mol. The van der Waals surface area contributed by atoms with E-state index in [1.807, 2.05) is 44.2 Å². The molecule has 18 heavy (non-hydrogen) atoms. The molecule has 0 aliphatic rings. The third-order valence-corrected chi connectivity index (χ3v) is 2.79. The van der Waals surface area contributed by atoms with Gasteiger partial charge >= 0.3 is 0 Å². The largest absolute Gasteiger partial charge is 0.354 e. The highest BCUT2D eigenvalue weighted by Gasteiger charge is 2.11. The zero-order chi connectivity index (χ0) is 13.4. The molecule has 0 spiro atoms. The van der Waals surface area contributed by atoms with Crippen LogP contribution in [0.1, 0.15) is 31.9 Å². The Kier molecular flexibility index (Phi) is 6.39. The fourth-order valence-electron chi connectivity index (χ4n) is 1.78. The molecule has 0 saturated carbocycles. The molecule has 4 heteroatoms. The van der Waals surface area contributed by atoms with Gasteiger partial charge in [0.1, 0.15) is 0 Å². The molecule has 0 radical (unpaired) electrons. The predicted molar refractivity (Wildman–Crippen MR) is 74.1 cm³/mol. The van der Waals surface area contributed by atoms with Crippen molar-refractivity contribution in [3.05, 3.63) is 35.9 Å². The summed E-state index contributed by atoms with van der Waals surface area (Å²) in [6.07, 6.45) is 0.322. The fourth-order valence-corrected chi connectivity index (χ4v) is 1.78. The summed E-state index contributed by atoms with van der Waals surface area (Å²) in [5.74, 6) is -0.00361. The number of benzene rings is 1. The highest BCUT2D eigenvalue weighted by molar-refractivity contribution is 5.76. The second-order valence-electron chi connectivity index (χ2n) is 4.48. The summed E-state index contributed by atoms with van der Waals surface area (Å²) >= 11 is 0. The SMILES string of the molecule is CCN[C@H](C)CNC(=O)CC(N)c1ccccc1. The van der Waals surface area contributed by atoms with Crippen LogP contribution in [0.25, 0.3) is 0 Å². The van der Waals surface area contributed by atoms with Crippen molar-refractivity contribution in [1.82, 2.24) is 10.6 Å². The van der Waals surface area contributed by atoms with Crippen LogP contribution in [0.5, 0.6) is 0 Å². The molecule has 0 fully saturated rings. The van der Waals surface area contributed by atoms with Crippen molar-refractivity contribution in [3.63, 3.8) is 0 Å². The van der Waals surface area contributed by atoms with Crippen molar-refractivity contribution in [2.24, 2.45) is 5.73 Å². The molecule has 1 rings (SSSR count). The number of likely N-dealkylation sites (N-methyl/N-ethyl adjacent to an activating group) is 1. The van der Waals surface area contributed by atoms with E-state index in [-0.39, 0.29) is 18.0 Å². The maximum Gasteiger partial charge on any atom is 0.221 e. The zero-order valence-electron chi connectivity index (χ0n) is 11.1. The quantitative estimate of drug-likeness (QED) is 0.680. The Morgan fingerprint density at radius 3 is 2.61 bits per heavy atom. The lowest BCUT2D eigenvalue weighted by Gasteiger charge is -2.15. The maximum atomic E-state index is 11.7. The number of carbonyl (C=O) groups is 1. The second-order valence-corrected chi connectivity index (χ2v) is 4.48. The molecule has 1 aromatic rings. The van der Waals surface area contributed by atoms with E-state index in [9.17, 15) is 4.79 Å². The lowest BCUT2D eigenvalue weighted by atomic mass is 10.0. The molecule has 1 aromatic carbocycles. The Morgan fingerprint density at radius 2 is 2.00 bits per heavy atom. The summed E-state index contributed by atoms with van der Waals surface area (Å²) < 4.78 is 0. The topological polar surface area (TPSA) is 67.1 Å². The average Bonchev–Trinajstić information content (AvgIpc) is 2.38. The summed E-state index contributed by atoms with van der Waals surface area (Å²) in [4.78, 5) is 11.7. The van der Waals surface area contributed by atoms with Crippen molar-refractivity contribution in [3.8, 4) is 0 Å². The lowest BCUT2D eigenvalue weighted by Crippen LogP contribution is -2.39. The summed E-state index contributed by atoms with van der Waals surface area (Å²) in [6.45, 7) is 5.62. The molecule has 0 aromatic heterocycles. The minimum absolute atomic E-state index is 0.00361. The lowest BCUT2D eigenvalue weighted by molar-refractivity contribution is -0.121. The van der Waals surface area contributed by atoms with E-state index in [0.717, 1.165) is 12.1 Å². The number of carbonyl (C=O) groups excluding carboxylic acids is 1. The van der Waals surface area contributed by atoms with Crippen molar-refractivity contribution in [2.75, 3.05) is 13.1 Å². The van der Waals surface area contributed by atoms with E-state index in [0.29, 0.717) is 13.0 Å². The molecule has 0 heterocycles. The average molecular weight is 249 g/mol. The number of hydrogen-bond donors (Lipinski definition) is 3. The van der Waals surface area contributed by atoms with Gasteiger partial charge in [-0.3, -0.25) is 4.79 Å². The van der Waals surface area contributed by atoms with Crippen molar-refractivity contribution in [1.29, 1.82) is 0 Å². The van der Waals surface area contributed by atoms with Gasteiger partial charge in [-0.1, -0.05) is 37.3 Å². The van der Waals surface area contributed by atoms with Crippen LogP contribution in [-0.4, -0.2) is 25.0 Å². The third-order valence-electron chi connectivity index (χ3n) is 2.79. The fraction of sp³-hybridized carbons (Fsp3) is 0.500. The van der Waals surface area contributed by atoms with E-state index in [1.54, 1.807) is 0 Å². The number of rotatable bonds is 7. The molecule has 4 N–H and O–H groups in total. The number of nitrogens with two attached hydrogens (primary N) is 1. The van der Waals surface area contributed by atoms with E-state index in [2.05, 4.69) is 10.6 Å². The summed E-state index contributed by atoms with van der Waals surface area (Å²) in [5.41, 5.74) is 6.98. The van der Waals surface area contributed by atoms with Crippen LogP contribution in [0.3, 0.4) is 0 Å². The number of amides is 1. The summed E-state index contributed by atoms with van der Waals surface area (Å²) in [6, 6.07) is 9.74. The van der Waals surface area contributed by atoms with Gasteiger partial charge in [0.2, 0.25) is 5.91 Å². The molecule has 100 valence electrons. The number of hydrogen-bond acceptors (Lipinski definition) is 3. The van der Waals surface area contributed by atoms with E-state index in [1.165, 1.54) is 0 Å². The first-order chi connectivity index (χ1) is 8.63. The molecule has 4 nitrogen and oxygen atoms in total. The van der Waals surface area contributed by atoms with Crippen LogP contribution in [-0.2, 0) is 4.79 Å². The zero-order valence-corrected chi connectivity index (χ0v) is 11.1. The van der Waals surface area contributed by atoms with Crippen LogP contribution in [0.4, 0.5) is 0 Å². The van der Waals surface area contributed by atoms with Gasteiger partial charge < -0.3 is 16.4 Å². The molecule has 2 atom stereocenters.